The molecule has 9 nitrogen and oxygen atoms in total. The smallest absolute Gasteiger partial charge is 0.306 e. The van der Waals surface area contributed by atoms with E-state index in [0.717, 1.165) is 18.4 Å². The Kier molecular flexibility index (Phi) is 13.3. The molecular formula is C30H43N3O6S. The van der Waals surface area contributed by atoms with Crippen LogP contribution >= 0.6 is 11.3 Å². The van der Waals surface area contributed by atoms with Crippen LogP contribution in [-0.4, -0.2) is 57.9 Å². The highest BCUT2D eigenvalue weighted by Crippen LogP contribution is 2.30. The summed E-state index contributed by atoms with van der Waals surface area (Å²) in [7, 11) is 1.78. The Morgan fingerprint density at radius 3 is 2.35 bits per heavy atom. The first-order chi connectivity index (χ1) is 18.9. The second-order valence-corrected chi connectivity index (χ2v) is 11.5. The molecule has 2 amide bonds. The molecule has 0 bridgehead atoms. The van der Waals surface area contributed by atoms with E-state index in [1.165, 1.54) is 18.3 Å². The van der Waals surface area contributed by atoms with Crippen LogP contribution in [0.5, 0.6) is 0 Å². The lowest BCUT2D eigenvalue weighted by Crippen LogP contribution is -2.41. The average molecular weight is 574 g/mol. The van der Waals surface area contributed by atoms with E-state index in [2.05, 4.69) is 10.3 Å². The minimum absolute atomic E-state index is 0.0429. The third-order valence-corrected chi connectivity index (χ3v) is 7.85. The van der Waals surface area contributed by atoms with Gasteiger partial charge in [-0.1, -0.05) is 64.4 Å². The number of ether oxygens (including phenoxy) is 1. The molecule has 2 aromatic rings. The molecule has 220 valence electrons. The summed E-state index contributed by atoms with van der Waals surface area (Å²) in [6.45, 7) is 9.02. The number of esters is 1. The van der Waals surface area contributed by atoms with E-state index in [0.29, 0.717) is 24.3 Å². The van der Waals surface area contributed by atoms with E-state index in [4.69, 9.17) is 4.74 Å². The molecule has 0 saturated heterocycles. The van der Waals surface area contributed by atoms with E-state index < -0.39 is 35.9 Å². The summed E-state index contributed by atoms with van der Waals surface area (Å²) in [5, 5.41) is 14.5. The molecule has 40 heavy (non-hydrogen) atoms. The van der Waals surface area contributed by atoms with Gasteiger partial charge in [-0.05, 0) is 30.7 Å². The number of aliphatic carboxylic acids is 1. The molecule has 4 atom stereocenters. The van der Waals surface area contributed by atoms with Crippen molar-refractivity contribution in [3.63, 3.8) is 0 Å². The van der Waals surface area contributed by atoms with Crippen molar-refractivity contribution in [2.75, 3.05) is 7.05 Å². The van der Waals surface area contributed by atoms with Gasteiger partial charge in [0.1, 0.15) is 10.7 Å². The maximum atomic E-state index is 13.2. The van der Waals surface area contributed by atoms with Gasteiger partial charge < -0.3 is 20.1 Å². The van der Waals surface area contributed by atoms with Crippen molar-refractivity contribution in [2.24, 2.45) is 11.8 Å². The average Bonchev–Trinajstić information content (AvgIpc) is 3.40. The highest BCUT2D eigenvalue weighted by atomic mass is 32.1. The summed E-state index contributed by atoms with van der Waals surface area (Å²) in [5.41, 5.74) is 1.16. The van der Waals surface area contributed by atoms with Crippen molar-refractivity contribution >= 4 is 35.1 Å². The summed E-state index contributed by atoms with van der Waals surface area (Å²) in [5.74, 6) is -2.31. The Morgan fingerprint density at radius 1 is 1.10 bits per heavy atom. The van der Waals surface area contributed by atoms with Gasteiger partial charge in [-0.15, -0.1) is 11.3 Å². The molecule has 10 heteroatoms. The Labute approximate surface area is 241 Å². The van der Waals surface area contributed by atoms with Gasteiger partial charge in [-0.2, -0.15) is 0 Å². The van der Waals surface area contributed by atoms with Gasteiger partial charge in [0.15, 0.2) is 6.10 Å². The first-order valence-electron chi connectivity index (χ1n) is 13.9. The number of thiazole rings is 1. The molecule has 2 rings (SSSR count). The molecule has 1 aromatic carbocycles. The van der Waals surface area contributed by atoms with Crippen LogP contribution in [0.25, 0.3) is 0 Å². The molecular weight excluding hydrogens is 530 g/mol. The molecule has 0 aliphatic carbocycles. The SMILES string of the molecule is CCCCC(=O)N(C)C(CC(OC(C)=O)c1nc(C(=O)N[C@@H](Cc2ccccc2)CC(C)C(=O)O)cs1)C(C)C. The Hall–Kier alpha value is -3.27. The number of nitrogens with zero attached hydrogens (tertiary/aromatic N) is 2. The maximum Gasteiger partial charge on any atom is 0.306 e. The molecule has 0 aliphatic rings. The standard InChI is InChI=1S/C30H43N3O6S/c1-7-8-14-27(35)33(6)25(19(2)3)17-26(39-21(5)34)29-32-24(18-40-29)28(36)31-23(15-20(4)30(37)38)16-22-12-10-9-11-13-22/h9-13,18-20,23,25-26H,7-8,14-17H2,1-6H3,(H,31,36)(H,37,38)/t20?,23-,25?,26?/m1/s1. The fraction of sp³-hybridized carbons (Fsp3) is 0.567. The molecule has 1 aromatic heterocycles. The predicted molar refractivity (Wildman–Crippen MR) is 155 cm³/mol. The molecule has 0 radical (unpaired) electrons. The minimum atomic E-state index is -0.926. The number of hydrogen-bond acceptors (Lipinski definition) is 7. The molecule has 0 spiro atoms. The first kappa shape index (κ1) is 32.9. The number of unbranched alkanes of at least 4 members (excludes halogenated alkanes) is 1. The van der Waals surface area contributed by atoms with E-state index in [9.17, 15) is 24.3 Å². The number of nitrogens with one attached hydrogen (secondary N) is 1. The quantitative estimate of drug-likeness (QED) is 0.262. The summed E-state index contributed by atoms with van der Waals surface area (Å²) >= 11 is 1.22. The van der Waals surface area contributed by atoms with Crippen LogP contribution in [-0.2, 0) is 25.5 Å². The summed E-state index contributed by atoms with van der Waals surface area (Å²) in [6, 6.07) is 8.96. The Balaban J connectivity index is 2.23. The van der Waals surface area contributed by atoms with Crippen LogP contribution in [0.3, 0.4) is 0 Å². The third kappa shape index (κ3) is 10.4. The lowest BCUT2D eigenvalue weighted by molar-refractivity contribution is -0.148. The van der Waals surface area contributed by atoms with Crippen molar-refractivity contribution in [2.45, 2.75) is 91.3 Å². The molecule has 0 saturated carbocycles. The minimum Gasteiger partial charge on any atom is -0.481 e. The fourth-order valence-corrected chi connectivity index (χ4v) is 5.44. The zero-order valence-corrected chi connectivity index (χ0v) is 25.2. The maximum absolute atomic E-state index is 13.2. The van der Waals surface area contributed by atoms with Gasteiger partial charge in [-0.25, -0.2) is 4.98 Å². The van der Waals surface area contributed by atoms with Gasteiger partial charge in [0.05, 0.1) is 5.92 Å². The second kappa shape index (κ2) is 16.1. The van der Waals surface area contributed by atoms with Crippen molar-refractivity contribution in [3.8, 4) is 0 Å². The van der Waals surface area contributed by atoms with Crippen molar-refractivity contribution in [3.05, 3.63) is 52.0 Å². The number of hydrogen-bond donors (Lipinski definition) is 2. The highest BCUT2D eigenvalue weighted by molar-refractivity contribution is 7.09. The molecule has 3 unspecified atom stereocenters. The zero-order chi connectivity index (χ0) is 29.8. The Bertz CT molecular complexity index is 1120. The van der Waals surface area contributed by atoms with Gasteiger partial charge >= 0.3 is 11.9 Å². The topological polar surface area (TPSA) is 126 Å². The highest BCUT2D eigenvalue weighted by Gasteiger charge is 2.31. The summed E-state index contributed by atoms with van der Waals surface area (Å²) in [6.07, 6.45) is 2.57. The predicted octanol–water partition coefficient (Wildman–Crippen LogP) is 5.26. The number of carbonyl (C=O) groups is 4. The number of benzene rings is 1. The molecule has 0 fully saturated rings. The molecule has 2 N–H and O–H groups in total. The Morgan fingerprint density at radius 2 is 1.77 bits per heavy atom. The van der Waals surface area contributed by atoms with E-state index >= 15 is 0 Å². The van der Waals surface area contributed by atoms with Gasteiger partial charge in [0.2, 0.25) is 5.91 Å². The van der Waals surface area contributed by atoms with E-state index in [1.54, 1.807) is 24.3 Å². The van der Waals surface area contributed by atoms with Crippen molar-refractivity contribution < 1.29 is 29.0 Å². The van der Waals surface area contributed by atoms with E-state index in [-0.39, 0.29) is 30.0 Å². The van der Waals surface area contributed by atoms with E-state index in [1.807, 2.05) is 51.1 Å². The van der Waals surface area contributed by atoms with Crippen LogP contribution in [0.15, 0.2) is 35.7 Å². The second-order valence-electron chi connectivity index (χ2n) is 10.7. The van der Waals surface area contributed by atoms with Crippen LogP contribution < -0.4 is 5.32 Å². The first-order valence-corrected chi connectivity index (χ1v) is 14.8. The number of carboxylic acids is 1. The van der Waals surface area contributed by atoms with Gasteiger partial charge in [0, 0.05) is 44.3 Å². The fourth-order valence-electron chi connectivity index (χ4n) is 4.60. The van der Waals surface area contributed by atoms with Crippen molar-refractivity contribution in [1.29, 1.82) is 0 Å². The van der Waals surface area contributed by atoms with Crippen molar-refractivity contribution in [1.82, 2.24) is 15.2 Å². The normalized spacial score (nSPS) is 14.2. The molecule has 1 heterocycles. The number of rotatable bonds is 16. The van der Waals surface area contributed by atoms with Crippen LogP contribution in [0.1, 0.15) is 93.9 Å². The van der Waals surface area contributed by atoms with Crippen LogP contribution in [0.2, 0.25) is 0 Å². The van der Waals surface area contributed by atoms with Gasteiger partial charge in [0.25, 0.3) is 5.91 Å². The third-order valence-electron chi connectivity index (χ3n) is 6.92. The zero-order valence-electron chi connectivity index (χ0n) is 24.4. The monoisotopic (exact) mass is 573 g/mol. The molecule has 0 aliphatic heterocycles. The number of amides is 2. The largest absolute Gasteiger partial charge is 0.481 e. The summed E-state index contributed by atoms with van der Waals surface area (Å²) < 4.78 is 5.63. The van der Waals surface area contributed by atoms with Gasteiger partial charge in [-0.3, -0.25) is 19.2 Å². The lowest BCUT2D eigenvalue weighted by Gasteiger charge is -2.33. The number of aromatic nitrogens is 1. The number of carboxylic acid groups (broad SMARTS) is 1. The van der Waals surface area contributed by atoms with Crippen LogP contribution in [0.4, 0.5) is 0 Å². The van der Waals surface area contributed by atoms with Crippen LogP contribution in [0, 0.1) is 11.8 Å². The number of carbonyl (C=O) groups excluding carboxylic acids is 3. The lowest BCUT2D eigenvalue weighted by atomic mass is 9.96. The summed E-state index contributed by atoms with van der Waals surface area (Å²) in [4.78, 5) is 55.7.